The molecule has 3 saturated carbocycles. The van der Waals surface area contributed by atoms with Crippen molar-refractivity contribution in [2.24, 2.45) is 34.5 Å². The Balaban J connectivity index is 1.37. The zero-order valence-corrected chi connectivity index (χ0v) is 19.8. The predicted molar refractivity (Wildman–Crippen MR) is 122 cm³/mol. The zero-order valence-electron chi connectivity index (χ0n) is 19.8. The fraction of sp³-hybridized carbons (Fsp3) is 0.630. The van der Waals surface area contributed by atoms with E-state index in [9.17, 15) is 19.8 Å². The van der Waals surface area contributed by atoms with Crippen molar-refractivity contribution in [3.8, 4) is 0 Å². The maximum absolute atomic E-state index is 13.5. The number of hydrogen-bond donors (Lipinski definition) is 2. The molecule has 8 atom stereocenters. The van der Waals surface area contributed by atoms with Gasteiger partial charge in [-0.15, -0.1) is 0 Å². The van der Waals surface area contributed by atoms with Crippen LogP contribution in [0, 0.1) is 34.5 Å². The number of aliphatic hydroxyl groups is 2. The van der Waals surface area contributed by atoms with E-state index in [4.69, 9.17) is 9.25 Å². The molecule has 7 nitrogen and oxygen atoms in total. The van der Waals surface area contributed by atoms with Gasteiger partial charge in [-0.2, -0.15) is 5.06 Å². The van der Waals surface area contributed by atoms with Crippen LogP contribution in [0.15, 0.2) is 46.8 Å². The molecule has 7 heteroatoms. The van der Waals surface area contributed by atoms with E-state index in [2.05, 4.69) is 13.8 Å². The normalized spacial score (nSPS) is 45.4. The summed E-state index contributed by atoms with van der Waals surface area (Å²) < 4.78 is 5.20. The molecule has 1 aromatic heterocycles. The minimum absolute atomic E-state index is 0.00272. The number of carbonyl (C=O) groups excluding carboxylic acids is 2. The summed E-state index contributed by atoms with van der Waals surface area (Å²) in [5, 5.41) is 23.5. The van der Waals surface area contributed by atoms with Crippen LogP contribution in [0.5, 0.6) is 0 Å². The Morgan fingerprint density at radius 1 is 1.32 bits per heavy atom. The summed E-state index contributed by atoms with van der Waals surface area (Å²) in [5.41, 5.74) is 0.00493. The number of nitrogens with zero attached hydrogens (tertiary/aromatic N) is 1. The van der Waals surface area contributed by atoms with Crippen LogP contribution in [-0.4, -0.2) is 51.7 Å². The third-order valence-corrected chi connectivity index (χ3v) is 10.0. The number of hydrogen-bond acceptors (Lipinski definition) is 7. The molecule has 1 aliphatic heterocycles. The maximum Gasteiger partial charge on any atom is 0.192 e. The van der Waals surface area contributed by atoms with Crippen molar-refractivity contribution >= 4 is 11.6 Å². The second-order valence-electron chi connectivity index (χ2n) is 11.5. The van der Waals surface area contributed by atoms with Gasteiger partial charge < -0.3 is 14.6 Å². The van der Waals surface area contributed by atoms with Gasteiger partial charge in [0.25, 0.3) is 0 Å². The summed E-state index contributed by atoms with van der Waals surface area (Å²) in [6.45, 7) is 4.79. The first kappa shape index (κ1) is 22.4. The molecule has 182 valence electrons. The number of ketones is 2. The molecule has 2 N–H and O–H groups in total. The molecule has 1 saturated heterocycles. The highest BCUT2D eigenvalue weighted by atomic mass is 16.7. The van der Waals surface area contributed by atoms with Gasteiger partial charge in [-0.25, -0.2) is 0 Å². The van der Waals surface area contributed by atoms with E-state index in [1.165, 1.54) is 0 Å². The number of hydroxylamine groups is 2. The highest BCUT2D eigenvalue weighted by Crippen LogP contribution is 2.70. The lowest BCUT2D eigenvalue weighted by atomic mass is 9.46. The second kappa shape index (κ2) is 7.47. The quantitative estimate of drug-likeness (QED) is 0.702. The Morgan fingerprint density at radius 3 is 2.88 bits per heavy atom. The molecule has 5 aliphatic rings. The smallest absolute Gasteiger partial charge is 0.192 e. The first-order valence-corrected chi connectivity index (χ1v) is 12.4. The second-order valence-corrected chi connectivity index (χ2v) is 11.5. The van der Waals surface area contributed by atoms with Crippen LogP contribution >= 0.6 is 0 Å². The van der Waals surface area contributed by atoms with Crippen molar-refractivity contribution in [1.29, 1.82) is 0 Å². The Morgan fingerprint density at radius 2 is 2.15 bits per heavy atom. The lowest BCUT2D eigenvalue weighted by Crippen LogP contribution is -2.63. The van der Waals surface area contributed by atoms with E-state index < -0.39 is 23.7 Å². The molecule has 4 fully saturated rings. The van der Waals surface area contributed by atoms with Gasteiger partial charge in [0, 0.05) is 34.8 Å². The molecular weight excluding hydrogens is 434 g/mol. The summed E-state index contributed by atoms with van der Waals surface area (Å²) in [7, 11) is 0. The summed E-state index contributed by atoms with van der Waals surface area (Å²) in [6.07, 6.45) is 11.0. The topological polar surface area (TPSA) is 100 Å². The van der Waals surface area contributed by atoms with Crippen LogP contribution in [0.2, 0.25) is 0 Å². The van der Waals surface area contributed by atoms with Gasteiger partial charge in [-0.1, -0.05) is 25.5 Å². The van der Waals surface area contributed by atoms with Gasteiger partial charge >= 0.3 is 0 Å². The number of furan rings is 1. The molecule has 3 unspecified atom stereocenters. The van der Waals surface area contributed by atoms with Crippen molar-refractivity contribution in [2.45, 2.75) is 57.8 Å². The van der Waals surface area contributed by atoms with Gasteiger partial charge in [-0.05, 0) is 55.7 Å². The van der Waals surface area contributed by atoms with Crippen LogP contribution in [0.25, 0.3) is 0 Å². The molecule has 6 rings (SSSR count). The Labute approximate surface area is 199 Å². The first-order chi connectivity index (χ1) is 16.2. The number of rotatable bonds is 4. The largest absolute Gasteiger partial charge is 0.472 e. The van der Waals surface area contributed by atoms with Crippen molar-refractivity contribution in [3.63, 3.8) is 0 Å². The molecule has 0 bridgehead atoms. The number of aliphatic hydroxyl groups excluding tert-OH is 2. The maximum atomic E-state index is 13.5. The number of carbonyl (C=O) groups is 2. The van der Waals surface area contributed by atoms with Crippen LogP contribution in [0.4, 0.5) is 0 Å². The van der Waals surface area contributed by atoms with Crippen molar-refractivity contribution in [3.05, 3.63) is 48.0 Å². The summed E-state index contributed by atoms with van der Waals surface area (Å²) in [6, 6.07) is 1.88. The summed E-state index contributed by atoms with van der Waals surface area (Å²) >= 11 is 0. The highest BCUT2D eigenvalue weighted by Gasteiger charge is 2.75. The molecule has 1 aromatic rings. The molecule has 0 amide bonds. The highest BCUT2D eigenvalue weighted by molar-refractivity contribution is 6.01. The van der Waals surface area contributed by atoms with Gasteiger partial charge in [-0.3, -0.25) is 14.4 Å². The van der Waals surface area contributed by atoms with E-state index in [1.807, 2.05) is 17.2 Å². The molecule has 0 radical (unpaired) electrons. The predicted octanol–water partition coefficient (Wildman–Crippen LogP) is 2.83. The van der Waals surface area contributed by atoms with Gasteiger partial charge in [0.1, 0.15) is 6.61 Å². The Kier molecular flexibility index (Phi) is 4.92. The lowest BCUT2D eigenvalue weighted by Gasteiger charge is -2.59. The fourth-order valence-electron chi connectivity index (χ4n) is 8.74. The standard InChI is InChI=1S/C27H33NO6/c1-25-7-5-19(30)9-17(25)3-4-20-21-10-18-13-28(12-16-6-8-33-15-16)34-27(18,23(32)14-29)26(21,2)11-22(31)24(20)25/h5-9,15,18,20-22,24,29,31H,3-4,10-14H2,1-2H3/t18-,20?,21?,22-,24?,25-,26-,27-/m0/s1. The zero-order chi connectivity index (χ0) is 23.9. The van der Waals surface area contributed by atoms with E-state index >= 15 is 0 Å². The van der Waals surface area contributed by atoms with E-state index in [0.717, 1.165) is 30.4 Å². The molecule has 34 heavy (non-hydrogen) atoms. The van der Waals surface area contributed by atoms with Crippen LogP contribution in [0.3, 0.4) is 0 Å². The first-order valence-electron chi connectivity index (χ1n) is 12.4. The SMILES string of the molecule is C[C@]12C=CC(=O)C=C1CCC1C2[C@@H](O)C[C@@]2(C)C1C[C@H]1CN(Cc3ccoc3)O[C@]12C(=O)CO. The van der Waals surface area contributed by atoms with E-state index in [1.54, 1.807) is 24.7 Å². The molecule has 4 aliphatic carbocycles. The third-order valence-electron chi connectivity index (χ3n) is 10.0. The number of fused-ring (bicyclic) bond motifs is 7. The van der Waals surface area contributed by atoms with Gasteiger partial charge in [0.15, 0.2) is 17.2 Å². The van der Waals surface area contributed by atoms with Gasteiger partial charge in [0.05, 0.1) is 25.2 Å². The number of Topliss-reactive ketones (excluding diaryl/α,β-unsaturated/α-hetero) is 1. The molecule has 0 aromatic carbocycles. The summed E-state index contributed by atoms with van der Waals surface area (Å²) in [4.78, 5) is 32.1. The number of allylic oxidation sites excluding steroid dienone is 4. The summed E-state index contributed by atoms with van der Waals surface area (Å²) in [5.74, 6) is 0.101. The molecule has 2 heterocycles. The van der Waals surface area contributed by atoms with Crippen LogP contribution < -0.4 is 0 Å². The minimum Gasteiger partial charge on any atom is -0.472 e. The Bertz CT molecular complexity index is 1080. The van der Waals surface area contributed by atoms with Crippen LogP contribution in [-0.2, 0) is 21.0 Å². The van der Waals surface area contributed by atoms with Gasteiger partial charge in [0.2, 0.25) is 0 Å². The average molecular weight is 468 g/mol. The average Bonchev–Trinajstić information content (AvgIpc) is 3.49. The van der Waals surface area contributed by atoms with Crippen LogP contribution in [0.1, 0.15) is 45.1 Å². The minimum atomic E-state index is -1.14. The fourth-order valence-corrected chi connectivity index (χ4v) is 8.74. The van der Waals surface area contributed by atoms with E-state index in [0.29, 0.717) is 19.5 Å². The third kappa shape index (κ3) is 2.78. The van der Waals surface area contributed by atoms with Crippen molar-refractivity contribution < 1.29 is 29.1 Å². The van der Waals surface area contributed by atoms with Crippen molar-refractivity contribution in [1.82, 2.24) is 5.06 Å². The lowest BCUT2D eigenvalue weighted by molar-refractivity contribution is -0.254. The molecule has 0 spiro atoms. The molecular formula is C27H33NO6. The van der Waals surface area contributed by atoms with E-state index in [-0.39, 0.29) is 40.7 Å². The Hall–Kier alpha value is -2.06. The van der Waals surface area contributed by atoms with Crippen molar-refractivity contribution in [2.75, 3.05) is 13.2 Å². The monoisotopic (exact) mass is 467 g/mol.